The number of nitrogens with one attached hydrogen (secondary N) is 3. The minimum atomic E-state index is -1.40. The number of carbonyl (C=O) groups excluding carboxylic acids is 2. The highest BCUT2D eigenvalue weighted by molar-refractivity contribution is 6.39. The van der Waals surface area contributed by atoms with Gasteiger partial charge in [0.05, 0.1) is 28.2 Å². The molecule has 0 saturated heterocycles. The quantitative estimate of drug-likeness (QED) is 0.382. The highest BCUT2D eigenvalue weighted by atomic mass is 35.5. The van der Waals surface area contributed by atoms with Gasteiger partial charge in [-0.15, -0.1) is 0 Å². The first-order valence-electron chi connectivity index (χ1n) is 9.98. The summed E-state index contributed by atoms with van der Waals surface area (Å²) in [6, 6.07) is 20.8. The lowest BCUT2D eigenvalue weighted by molar-refractivity contribution is -0.139. The van der Waals surface area contributed by atoms with E-state index >= 15 is 0 Å². The van der Waals surface area contributed by atoms with Crippen LogP contribution in [0.3, 0.4) is 0 Å². The van der Waals surface area contributed by atoms with E-state index in [2.05, 4.69) is 16.0 Å². The maximum atomic E-state index is 12.6. The molecule has 1 unspecified atom stereocenters. The molecular weight excluding hydrogens is 465 g/mol. The zero-order valence-corrected chi connectivity index (χ0v) is 18.8. The molecule has 33 heavy (non-hydrogen) atoms. The van der Waals surface area contributed by atoms with E-state index in [1.807, 2.05) is 60.7 Å². The topological polar surface area (TPSA) is 108 Å². The van der Waals surface area contributed by atoms with Gasteiger partial charge in [0, 0.05) is 0 Å². The second-order valence-corrected chi connectivity index (χ2v) is 7.88. The van der Waals surface area contributed by atoms with E-state index in [-0.39, 0.29) is 22.2 Å². The van der Waals surface area contributed by atoms with Crippen LogP contribution < -0.4 is 16.0 Å². The lowest BCUT2D eigenvalue weighted by atomic mass is 9.99. The monoisotopic (exact) mass is 485 g/mol. The van der Waals surface area contributed by atoms with E-state index in [9.17, 15) is 19.5 Å². The van der Waals surface area contributed by atoms with Crippen LogP contribution in [0.15, 0.2) is 78.9 Å². The molecule has 0 fully saturated rings. The van der Waals surface area contributed by atoms with Crippen LogP contribution in [0.2, 0.25) is 10.0 Å². The summed E-state index contributed by atoms with van der Waals surface area (Å²) in [6.07, 6.45) is 0. The zero-order chi connectivity index (χ0) is 23.8. The standard InChI is InChI=1S/C24H21Cl2N3O4/c25-17-12-7-13-18(26)20(17)22(30)28-19(23(31)32)14-27-24(33)29-21(15-8-3-1-4-9-15)16-10-5-2-6-11-16/h1-13,19,21H,14H2,(H,28,30)(H,31,32)(H2,27,29,33). The fourth-order valence-corrected chi connectivity index (χ4v) is 3.74. The van der Waals surface area contributed by atoms with Crippen molar-refractivity contribution < 1.29 is 19.5 Å². The number of rotatable bonds is 8. The van der Waals surface area contributed by atoms with Crippen LogP contribution in [-0.4, -0.2) is 35.6 Å². The molecule has 0 aliphatic carbocycles. The van der Waals surface area contributed by atoms with Gasteiger partial charge in [0.15, 0.2) is 0 Å². The van der Waals surface area contributed by atoms with Gasteiger partial charge in [0.25, 0.3) is 5.91 Å². The number of amides is 3. The van der Waals surface area contributed by atoms with Crippen molar-refractivity contribution in [3.63, 3.8) is 0 Å². The molecule has 7 nitrogen and oxygen atoms in total. The molecule has 3 aromatic rings. The van der Waals surface area contributed by atoms with E-state index in [1.165, 1.54) is 12.1 Å². The Balaban J connectivity index is 1.68. The molecule has 0 saturated carbocycles. The smallest absolute Gasteiger partial charge is 0.328 e. The van der Waals surface area contributed by atoms with Crippen molar-refractivity contribution in [1.82, 2.24) is 16.0 Å². The largest absolute Gasteiger partial charge is 0.480 e. The number of halogens is 2. The Morgan fingerprint density at radius 3 is 1.76 bits per heavy atom. The summed E-state index contributed by atoms with van der Waals surface area (Å²) in [6.45, 7) is -0.356. The molecule has 0 heterocycles. The number of urea groups is 1. The molecule has 3 rings (SSSR count). The highest BCUT2D eigenvalue weighted by Crippen LogP contribution is 2.24. The normalized spacial score (nSPS) is 11.5. The summed E-state index contributed by atoms with van der Waals surface area (Å²) in [7, 11) is 0. The molecule has 0 aliphatic heterocycles. The van der Waals surface area contributed by atoms with Crippen molar-refractivity contribution in [2.45, 2.75) is 12.1 Å². The second kappa shape index (κ2) is 11.4. The SMILES string of the molecule is O=C(NCC(NC(=O)c1c(Cl)cccc1Cl)C(=O)O)NC(c1ccccc1)c1ccccc1. The third-order valence-corrected chi connectivity index (χ3v) is 5.43. The van der Waals surface area contributed by atoms with Crippen LogP contribution in [0.5, 0.6) is 0 Å². The lowest BCUT2D eigenvalue weighted by Crippen LogP contribution is -2.50. The van der Waals surface area contributed by atoms with Crippen molar-refractivity contribution in [2.24, 2.45) is 0 Å². The second-order valence-electron chi connectivity index (χ2n) is 7.07. The molecule has 170 valence electrons. The molecular formula is C24H21Cl2N3O4. The number of aliphatic carboxylic acids is 1. The fraction of sp³-hybridized carbons (Fsp3) is 0.125. The van der Waals surface area contributed by atoms with Gasteiger partial charge in [0.2, 0.25) is 0 Å². The predicted molar refractivity (Wildman–Crippen MR) is 127 cm³/mol. The van der Waals surface area contributed by atoms with Crippen molar-refractivity contribution in [3.8, 4) is 0 Å². The minimum Gasteiger partial charge on any atom is -0.480 e. The van der Waals surface area contributed by atoms with Gasteiger partial charge in [-0.2, -0.15) is 0 Å². The first kappa shape index (κ1) is 24.1. The van der Waals surface area contributed by atoms with Crippen LogP contribution in [-0.2, 0) is 4.79 Å². The molecule has 4 N–H and O–H groups in total. The van der Waals surface area contributed by atoms with Gasteiger partial charge in [0.1, 0.15) is 6.04 Å². The van der Waals surface area contributed by atoms with E-state index in [0.717, 1.165) is 11.1 Å². The van der Waals surface area contributed by atoms with Gasteiger partial charge in [-0.05, 0) is 23.3 Å². The number of carbonyl (C=O) groups is 3. The van der Waals surface area contributed by atoms with Gasteiger partial charge in [-0.3, -0.25) is 4.79 Å². The van der Waals surface area contributed by atoms with Gasteiger partial charge >= 0.3 is 12.0 Å². The fourth-order valence-electron chi connectivity index (χ4n) is 3.17. The average Bonchev–Trinajstić information content (AvgIpc) is 2.81. The van der Waals surface area contributed by atoms with Gasteiger partial charge in [-0.1, -0.05) is 89.9 Å². The van der Waals surface area contributed by atoms with Crippen LogP contribution in [0.4, 0.5) is 4.79 Å². The summed E-state index contributed by atoms with van der Waals surface area (Å²) < 4.78 is 0. The number of carboxylic acids is 1. The first-order valence-corrected chi connectivity index (χ1v) is 10.7. The van der Waals surface area contributed by atoms with E-state index in [0.29, 0.717) is 0 Å². The molecule has 0 spiro atoms. The summed E-state index contributed by atoms with van der Waals surface area (Å²) >= 11 is 12.0. The van der Waals surface area contributed by atoms with Crippen LogP contribution in [0.25, 0.3) is 0 Å². The van der Waals surface area contributed by atoms with Crippen molar-refractivity contribution >= 4 is 41.1 Å². The van der Waals surface area contributed by atoms with Crippen LogP contribution >= 0.6 is 23.2 Å². The van der Waals surface area contributed by atoms with Crippen molar-refractivity contribution in [3.05, 3.63) is 106 Å². The van der Waals surface area contributed by atoms with Crippen molar-refractivity contribution in [2.75, 3.05) is 6.54 Å². The molecule has 0 aromatic heterocycles. The summed E-state index contributed by atoms with van der Waals surface area (Å²) in [5.41, 5.74) is 1.68. The molecule has 0 radical (unpaired) electrons. The molecule has 3 amide bonds. The van der Waals surface area contributed by atoms with Crippen LogP contribution in [0, 0.1) is 0 Å². The Bertz CT molecular complexity index is 1070. The van der Waals surface area contributed by atoms with E-state index < -0.39 is 30.0 Å². The zero-order valence-electron chi connectivity index (χ0n) is 17.3. The highest BCUT2D eigenvalue weighted by Gasteiger charge is 2.25. The average molecular weight is 486 g/mol. The van der Waals surface area contributed by atoms with Gasteiger partial charge < -0.3 is 21.1 Å². The van der Waals surface area contributed by atoms with E-state index in [4.69, 9.17) is 23.2 Å². The number of hydrogen-bond acceptors (Lipinski definition) is 3. The Morgan fingerprint density at radius 2 is 1.27 bits per heavy atom. The Kier molecular flexibility index (Phi) is 8.29. The third-order valence-electron chi connectivity index (χ3n) is 4.80. The molecule has 0 aliphatic rings. The molecule has 1 atom stereocenters. The number of carboxylic acid groups (broad SMARTS) is 1. The summed E-state index contributed by atoms with van der Waals surface area (Å²) in [4.78, 5) is 36.8. The predicted octanol–water partition coefficient (Wildman–Crippen LogP) is 4.27. The molecule has 9 heteroatoms. The molecule has 0 bridgehead atoms. The Morgan fingerprint density at radius 1 is 0.758 bits per heavy atom. The Hall–Kier alpha value is -3.55. The van der Waals surface area contributed by atoms with E-state index in [1.54, 1.807) is 6.07 Å². The lowest BCUT2D eigenvalue weighted by Gasteiger charge is -2.21. The van der Waals surface area contributed by atoms with Crippen molar-refractivity contribution in [1.29, 1.82) is 0 Å². The van der Waals surface area contributed by atoms with Crippen LogP contribution in [0.1, 0.15) is 27.5 Å². The first-order chi connectivity index (χ1) is 15.9. The summed E-state index contributed by atoms with van der Waals surface area (Å²) in [5.74, 6) is -2.08. The molecule has 3 aromatic carbocycles. The third kappa shape index (κ3) is 6.47. The summed E-state index contributed by atoms with van der Waals surface area (Å²) in [5, 5.41) is 17.4. The maximum absolute atomic E-state index is 12.6. The Labute approximate surface area is 200 Å². The number of benzene rings is 3. The number of hydrogen-bond donors (Lipinski definition) is 4. The maximum Gasteiger partial charge on any atom is 0.328 e. The minimum absolute atomic E-state index is 0.0373. The van der Waals surface area contributed by atoms with Gasteiger partial charge in [-0.25, -0.2) is 9.59 Å².